The van der Waals surface area contributed by atoms with Gasteiger partial charge < -0.3 is 15.7 Å². The lowest BCUT2D eigenvalue weighted by Gasteiger charge is -2.44. The van der Waals surface area contributed by atoms with Crippen molar-refractivity contribution >= 4 is 23.6 Å². The van der Waals surface area contributed by atoms with Crippen molar-refractivity contribution in [1.29, 1.82) is 0 Å². The summed E-state index contributed by atoms with van der Waals surface area (Å²) in [5, 5.41) is 11.3. The topological polar surface area (TPSA) is 102 Å². The van der Waals surface area contributed by atoms with Crippen molar-refractivity contribution in [2.45, 2.75) is 11.8 Å². The molecule has 23 heavy (non-hydrogen) atoms. The molecule has 9 heteroatoms. The standard InChI is InChI=1S/C14H15N5O3S/c15-9-1-2-10-17(3-4-18(10)16-9)6-8-7-23-12-5-11(20)19(12)13(8)14(21)22/h1-4,12,16H,5-7,15H2,(H,21,22)/t12-/m0/s1. The molecule has 0 spiro atoms. The third-order valence-corrected chi connectivity index (χ3v) is 5.37. The van der Waals surface area contributed by atoms with Crippen LogP contribution in [0.25, 0.3) is 0 Å². The minimum absolute atomic E-state index is 0.0266. The lowest BCUT2D eigenvalue weighted by Crippen LogP contribution is -2.54. The van der Waals surface area contributed by atoms with Gasteiger partial charge in [-0.2, -0.15) is 0 Å². The van der Waals surface area contributed by atoms with Crippen LogP contribution in [0.4, 0.5) is 0 Å². The lowest BCUT2D eigenvalue weighted by atomic mass is 10.1. The molecule has 0 aromatic carbocycles. The molecule has 4 aliphatic rings. The summed E-state index contributed by atoms with van der Waals surface area (Å²) in [6.45, 7) is 0.416. The Hall–Kier alpha value is -2.55. The van der Waals surface area contributed by atoms with Crippen LogP contribution in [0.3, 0.4) is 0 Å². The van der Waals surface area contributed by atoms with Crippen molar-refractivity contribution in [3.05, 3.63) is 47.5 Å². The van der Waals surface area contributed by atoms with Crippen molar-refractivity contribution in [2.75, 3.05) is 12.3 Å². The fraction of sp³-hybridized carbons (Fsp3) is 0.286. The molecule has 0 unspecified atom stereocenters. The van der Waals surface area contributed by atoms with Crippen LogP contribution in [0.15, 0.2) is 47.5 Å². The number of fused-ring (bicyclic) bond motifs is 2. The molecule has 8 nitrogen and oxygen atoms in total. The number of thioether (sulfide) groups is 1. The number of allylic oxidation sites excluding steroid dienone is 2. The minimum Gasteiger partial charge on any atom is -0.477 e. The van der Waals surface area contributed by atoms with Crippen LogP contribution in [0.5, 0.6) is 0 Å². The number of carboxylic acid groups (broad SMARTS) is 1. The van der Waals surface area contributed by atoms with Crippen LogP contribution in [-0.2, 0) is 9.59 Å². The highest BCUT2D eigenvalue weighted by Crippen LogP contribution is 2.40. The second-order valence-electron chi connectivity index (χ2n) is 5.55. The molecule has 0 saturated carbocycles. The number of hydrogen-bond donors (Lipinski definition) is 3. The smallest absolute Gasteiger partial charge is 0.352 e. The maximum absolute atomic E-state index is 11.8. The summed E-state index contributed by atoms with van der Waals surface area (Å²) in [5.41, 5.74) is 9.58. The highest BCUT2D eigenvalue weighted by atomic mass is 32.2. The van der Waals surface area contributed by atoms with E-state index in [0.29, 0.717) is 24.5 Å². The summed E-state index contributed by atoms with van der Waals surface area (Å²) in [4.78, 5) is 26.7. The molecule has 1 saturated heterocycles. The fourth-order valence-electron chi connectivity index (χ4n) is 2.99. The van der Waals surface area contributed by atoms with Gasteiger partial charge in [-0.05, 0) is 17.7 Å². The van der Waals surface area contributed by atoms with E-state index in [1.807, 2.05) is 23.4 Å². The van der Waals surface area contributed by atoms with E-state index in [-0.39, 0.29) is 17.0 Å². The molecular weight excluding hydrogens is 318 g/mol. The molecule has 120 valence electrons. The number of hydrazine groups is 1. The van der Waals surface area contributed by atoms with Crippen LogP contribution < -0.4 is 11.2 Å². The molecule has 0 aliphatic carbocycles. The zero-order valence-electron chi connectivity index (χ0n) is 12.1. The van der Waals surface area contributed by atoms with E-state index in [1.165, 1.54) is 4.90 Å². The average molecular weight is 333 g/mol. The van der Waals surface area contributed by atoms with Crippen molar-refractivity contribution in [3.63, 3.8) is 0 Å². The SMILES string of the molecule is NC1=CC=C2N(CC3=C(C(=O)O)N4C(=O)C[C@@H]4SC3)C=CN2N1. The van der Waals surface area contributed by atoms with Crippen molar-refractivity contribution in [1.82, 2.24) is 20.2 Å². The summed E-state index contributed by atoms with van der Waals surface area (Å²) in [6.07, 6.45) is 7.71. The van der Waals surface area contributed by atoms with Gasteiger partial charge in [-0.3, -0.25) is 15.1 Å². The Kier molecular flexibility index (Phi) is 3.05. The van der Waals surface area contributed by atoms with E-state index in [4.69, 9.17) is 5.73 Å². The molecule has 4 heterocycles. The summed E-state index contributed by atoms with van der Waals surface area (Å²) in [6, 6.07) is 0. The van der Waals surface area contributed by atoms with Gasteiger partial charge in [0.1, 0.15) is 17.3 Å². The molecule has 0 bridgehead atoms. The number of carboxylic acids is 1. The number of amides is 1. The zero-order chi connectivity index (χ0) is 16.1. The van der Waals surface area contributed by atoms with E-state index in [1.54, 1.807) is 22.8 Å². The second kappa shape index (κ2) is 4.98. The van der Waals surface area contributed by atoms with Gasteiger partial charge in [-0.25, -0.2) is 9.80 Å². The Labute approximate surface area is 136 Å². The van der Waals surface area contributed by atoms with Crippen LogP contribution in [0, 0.1) is 0 Å². The largest absolute Gasteiger partial charge is 0.477 e. The van der Waals surface area contributed by atoms with E-state index in [2.05, 4.69) is 5.43 Å². The van der Waals surface area contributed by atoms with Crippen LogP contribution >= 0.6 is 11.8 Å². The van der Waals surface area contributed by atoms with Gasteiger partial charge in [-0.15, -0.1) is 11.8 Å². The van der Waals surface area contributed by atoms with Gasteiger partial charge in [0.2, 0.25) is 5.91 Å². The predicted octanol–water partition coefficient (Wildman–Crippen LogP) is -0.121. The molecule has 4 N–H and O–H groups in total. The number of nitrogens with two attached hydrogens (primary N) is 1. The Morgan fingerprint density at radius 1 is 1.43 bits per heavy atom. The van der Waals surface area contributed by atoms with E-state index in [9.17, 15) is 14.7 Å². The highest BCUT2D eigenvalue weighted by molar-refractivity contribution is 8.00. The van der Waals surface area contributed by atoms with Gasteiger partial charge in [0.15, 0.2) is 0 Å². The first-order valence-corrected chi connectivity index (χ1v) is 8.17. The Morgan fingerprint density at radius 3 is 3.00 bits per heavy atom. The molecule has 0 aromatic heterocycles. The Morgan fingerprint density at radius 2 is 2.26 bits per heavy atom. The molecule has 4 rings (SSSR count). The fourth-order valence-corrected chi connectivity index (χ4v) is 4.24. The Bertz CT molecular complexity index is 726. The lowest BCUT2D eigenvalue weighted by molar-refractivity contribution is -0.146. The maximum atomic E-state index is 11.8. The molecule has 1 atom stereocenters. The number of aliphatic carboxylic acids is 1. The monoisotopic (exact) mass is 333 g/mol. The second-order valence-corrected chi connectivity index (χ2v) is 6.71. The predicted molar refractivity (Wildman–Crippen MR) is 83.5 cm³/mol. The molecule has 1 fully saturated rings. The first-order chi connectivity index (χ1) is 11.0. The van der Waals surface area contributed by atoms with E-state index in [0.717, 1.165) is 11.4 Å². The molecular formula is C14H15N5O3S. The third kappa shape index (κ3) is 2.15. The van der Waals surface area contributed by atoms with E-state index < -0.39 is 5.97 Å². The zero-order valence-corrected chi connectivity index (χ0v) is 12.9. The maximum Gasteiger partial charge on any atom is 0.352 e. The average Bonchev–Trinajstić information content (AvgIpc) is 2.89. The van der Waals surface area contributed by atoms with Crippen molar-refractivity contribution in [3.8, 4) is 0 Å². The van der Waals surface area contributed by atoms with Crippen LogP contribution in [0.2, 0.25) is 0 Å². The normalized spacial score (nSPS) is 25.5. The highest BCUT2D eigenvalue weighted by Gasteiger charge is 2.45. The first-order valence-electron chi connectivity index (χ1n) is 7.12. The minimum atomic E-state index is -1.04. The molecule has 0 aromatic rings. The summed E-state index contributed by atoms with van der Waals surface area (Å²) < 4.78 is 0. The molecule has 4 aliphatic heterocycles. The Balaban J connectivity index is 1.62. The van der Waals surface area contributed by atoms with Crippen molar-refractivity contribution in [2.24, 2.45) is 5.73 Å². The number of hydrogen-bond acceptors (Lipinski definition) is 7. The summed E-state index contributed by atoms with van der Waals surface area (Å²) in [7, 11) is 0. The number of nitrogens with one attached hydrogen (secondary N) is 1. The molecule has 1 amide bonds. The number of nitrogens with zero attached hydrogens (tertiary/aromatic N) is 3. The van der Waals surface area contributed by atoms with Gasteiger partial charge in [0.05, 0.1) is 11.8 Å². The number of β-lactam (4-membered cyclic amide) rings is 1. The van der Waals surface area contributed by atoms with Crippen LogP contribution in [-0.4, -0.2) is 49.5 Å². The molecule has 0 radical (unpaired) electrons. The van der Waals surface area contributed by atoms with Crippen LogP contribution in [0.1, 0.15) is 6.42 Å². The number of carbonyl (C=O) groups excluding carboxylic acids is 1. The van der Waals surface area contributed by atoms with Gasteiger partial charge in [0, 0.05) is 24.7 Å². The first kappa shape index (κ1) is 14.1. The van der Waals surface area contributed by atoms with Gasteiger partial charge >= 0.3 is 5.97 Å². The summed E-state index contributed by atoms with van der Waals surface area (Å²) in [5.74, 6) is 0.841. The number of rotatable bonds is 3. The van der Waals surface area contributed by atoms with Crippen molar-refractivity contribution < 1.29 is 14.7 Å². The summed E-state index contributed by atoms with van der Waals surface area (Å²) >= 11 is 1.61. The van der Waals surface area contributed by atoms with Gasteiger partial charge in [0.25, 0.3) is 0 Å². The number of carbonyl (C=O) groups is 2. The van der Waals surface area contributed by atoms with Gasteiger partial charge in [-0.1, -0.05) is 0 Å². The quantitative estimate of drug-likeness (QED) is 0.615. The third-order valence-electron chi connectivity index (χ3n) is 4.09. The van der Waals surface area contributed by atoms with E-state index >= 15 is 0 Å².